The molecule has 1 aliphatic carbocycles. The molecule has 0 radical (unpaired) electrons. The SMILES string of the molecule is CC(C)C[C@@H](N)CCOC1(F)CC1. The minimum absolute atomic E-state index is 0.155. The molecule has 2 N–H and O–H groups in total. The van der Waals surface area contributed by atoms with Crippen molar-refractivity contribution in [1.82, 2.24) is 0 Å². The van der Waals surface area contributed by atoms with Gasteiger partial charge in [0.1, 0.15) is 0 Å². The number of nitrogens with two attached hydrogens (primary N) is 1. The zero-order chi connectivity index (χ0) is 9.90. The van der Waals surface area contributed by atoms with E-state index >= 15 is 0 Å². The summed E-state index contributed by atoms with van der Waals surface area (Å²) in [6.07, 6.45) is 2.88. The monoisotopic (exact) mass is 189 g/mol. The number of ether oxygens (including phenoxy) is 1. The van der Waals surface area contributed by atoms with Crippen molar-refractivity contribution >= 4 is 0 Å². The first-order valence-corrected chi connectivity index (χ1v) is 5.10. The predicted molar refractivity (Wildman–Crippen MR) is 51.1 cm³/mol. The topological polar surface area (TPSA) is 35.2 Å². The molecule has 0 bridgehead atoms. The number of rotatable bonds is 6. The van der Waals surface area contributed by atoms with E-state index in [1.807, 2.05) is 0 Å². The van der Waals surface area contributed by atoms with Crippen LogP contribution >= 0.6 is 0 Å². The Bertz CT molecular complexity index is 157. The van der Waals surface area contributed by atoms with Crippen molar-refractivity contribution in [3.63, 3.8) is 0 Å². The van der Waals surface area contributed by atoms with E-state index in [2.05, 4.69) is 13.8 Å². The lowest BCUT2D eigenvalue weighted by molar-refractivity contribution is -0.0651. The fraction of sp³-hybridized carbons (Fsp3) is 1.00. The van der Waals surface area contributed by atoms with E-state index in [-0.39, 0.29) is 6.04 Å². The minimum atomic E-state index is -1.28. The lowest BCUT2D eigenvalue weighted by Gasteiger charge is -2.14. The van der Waals surface area contributed by atoms with Crippen molar-refractivity contribution in [1.29, 1.82) is 0 Å². The Kier molecular flexibility index (Phi) is 3.68. The molecule has 0 aromatic heterocycles. The first-order valence-electron chi connectivity index (χ1n) is 5.10. The largest absolute Gasteiger partial charge is 0.346 e. The van der Waals surface area contributed by atoms with E-state index in [9.17, 15) is 4.39 Å². The van der Waals surface area contributed by atoms with Crippen LogP contribution in [0.1, 0.15) is 39.5 Å². The van der Waals surface area contributed by atoms with Gasteiger partial charge < -0.3 is 10.5 Å². The molecule has 0 aromatic rings. The third-order valence-corrected chi connectivity index (χ3v) is 2.27. The van der Waals surface area contributed by atoms with Gasteiger partial charge in [0.05, 0.1) is 6.61 Å². The molecular formula is C10H20FNO. The lowest BCUT2D eigenvalue weighted by Crippen LogP contribution is -2.24. The highest BCUT2D eigenvalue weighted by Gasteiger charge is 2.44. The maximum atomic E-state index is 12.9. The molecule has 0 amide bonds. The van der Waals surface area contributed by atoms with E-state index in [1.54, 1.807) is 0 Å². The Hall–Kier alpha value is -0.150. The summed E-state index contributed by atoms with van der Waals surface area (Å²) < 4.78 is 18.0. The van der Waals surface area contributed by atoms with E-state index in [4.69, 9.17) is 10.5 Å². The Balaban J connectivity index is 1.98. The van der Waals surface area contributed by atoms with Gasteiger partial charge in [0.25, 0.3) is 0 Å². The van der Waals surface area contributed by atoms with Crippen molar-refractivity contribution in [2.75, 3.05) is 6.61 Å². The summed E-state index contributed by atoms with van der Waals surface area (Å²) in [5, 5.41) is 0. The smallest absolute Gasteiger partial charge is 0.209 e. The van der Waals surface area contributed by atoms with Gasteiger partial charge in [0, 0.05) is 18.9 Å². The van der Waals surface area contributed by atoms with Crippen molar-refractivity contribution in [2.45, 2.75) is 51.4 Å². The van der Waals surface area contributed by atoms with E-state index < -0.39 is 5.85 Å². The van der Waals surface area contributed by atoms with Crippen molar-refractivity contribution < 1.29 is 9.13 Å². The molecule has 0 unspecified atom stereocenters. The first kappa shape index (κ1) is 10.9. The van der Waals surface area contributed by atoms with Crippen LogP contribution in [0.25, 0.3) is 0 Å². The van der Waals surface area contributed by atoms with Gasteiger partial charge in [-0.15, -0.1) is 0 Å². The number of alkyl halides is 1. The lowest BCUT2D eigenvalue weighted by atomic mass is 10.0. The van der Waals surface area contributed by atoms with Crippen LogP contribution in [0, 0.1) is 5.92 Å². The summed E-state index contributed by atoms with van der Waals surface area (Å²) in [7, 11) is 0. The summed E-state index contributed by atoms with van der Waals surface area (Å²) in [6, 6.07) is 0.155. The van der Waals surface area contributed by atoms with Gasteiger partial charge in [-0.05, 0) is 18.8 Å². The van der Waals surface area contributed by atoms with Crippen LogP contribution in [-0.2, 0) is 4.74 Å². The normalized spacial score (nSPS) is 21.9. The molecule has 78 valence electrons. The van der Waals surface area contributed by atoms with E-state index in [1.165, 1.54) is 0 Å². The number of hydrogen-bond acceptors (Lipinski definition) is 2. The van der Waals surface area contributed by atoms with Gasteiger partial charge in [0.2, 0.25) is 5.85 Å². The van der Waals surface area contributed by atoms with Gasteiger partial charge in [0.15, 0.2) is 0 Å². The van der Waals surface area contributed by atoms with Gasteiger partial charge >= 0.3 is 0 Å². The maximum absolute atomic E-state index is 12.9. The average molecular weight is 189 g/mol. The molecule has 0 aromatic carbocycles. The maximum Gasteiger partial charge on any atom is 0.209 e. The fourth-order valence-electron chi connectivity index (χ4n) is 1.36. The van der Waals surface area contributed by atoms with Gasteiger partial charge in [-0.25, -0.2) is 4.39 Å². The third-order valence-electron chi connectivity index (χ3n) is 2.27. The molecule has 0 spiro atoms. The van der Waals surface area contributed by atoms with Gasteiger partial charge in [-0.3, -0.25) is 0 Å². The van der Waals surface area contributed by atoms with Crippen LogP contribution in [0.5, 0.6) is 0 Å². The molecule has 1 atom stereocenters. The fourth-order valence-corrected chi connectivity index (χ4v) is 1.36. The van der Waals surface area contributed by atoms with Crippen LogP contribution in [0.4, 0.5) is 4.39 Å². The molecular weight excluding hydrogens is 169 g/mol. The molecule has 1 fully saturated rings. The van der Waals surface area contributed by atoms with Gasteiger partial charge in [-0.2, -0.15) is 0 Å². The molecule has 1 rings (SSSR count). The standard InChI is InChI=1S/C10H20FNO/c1-8(2)7-9(12)3-6-13-10(11)4-5-10/h8-9H,3-7,12H2,1-2H3/t9-/m0/s1. The number of hydrogen-bond donors (Lipinski definition) is 1. The molecule has 13 heavy (non-hydrogen) atoms. The zero-order valence-electron chi connectivity index (χ0n) is 8.55. The highest BCUT2D eigenvalue weighted by molar-refractivity contribution is 4.84. The van der Waals surface area contributed by atoms with Crippen LogP contribution in [0.2, 0.25) is 0 Å². The highest BCUT2D eigenvalue weighted by Crippen LogP contribution is 2.40. The van der Waals surface area contributed by atoms with Crippen molar-refractivity contribution in [3.05, 3.63) is 0 Å². The summed E-state index contributed by atoms with van der Waals surface area (Å²) >= 11 is 0. The molecule has 0 aliphatic heterocycles. The molecule has 2 nitrogen and oxygen atoms in total. The summed E-state index contributed by atoms with van der Waals surface area (Å²) in [5.74, 6) is -0.673. The van der Waals surface area contributed by atoms with Crippen molar-refractivity contribution in [2.24, 2.45) is 11.7 Å². The Morgan fingerprint density at radius 3 is 2.54 bits per heavy atom. The molecule has 0 heterocycles. The van der Waals surface area contributed by atoms with E-state index in [0.29, 0.717) is 25.4 Å². The molecule has 1 aliphatic rings. The Labute approximate surface area is 79.6 Å². The average Bonchev–Trinajstić information content (AvgIpc) is 2.66. The number of halogens is 1. The predicted octanol–water partition coefficient (Wildman–Crippen LogP) is 2.23. The molecule has 1 saturated carbocycles. The molecule has 3 heteroatoms. The third kappa shape index (κ3) is 4.58. The zero-order valence-corrected chi connectivity index (χ0v) is 8.55. The first-order chi connectivity index (χ1) is 6.02. The minimum Gasteiger partial charge on any atom is -0.346 e. The second-order valence-corrected chi connectivity index (χ2v) is 4.41. The summed E-state index contributed by atoms with van der Waals surface area (Å²) in [4.78, 5) is 0. The second-order valence-electron chi connectivity index (χ2n) is 4.41. The Morgan fingerprint density at radius 1 is 1.46 bits per heavy atom. The van der Waals surface area contributed by atoms with Crippen LogP contribution in [-0.4, -0.2) is 18.5 Å². The van der Waals surface area contributed by atoms with Crippen LogP contribution < -0.4 is 5.73 Å². The van der Waals surface area contributed by atoms with Crippen LogP contribution in [0.3, 0.4) is 0 Å². The molecule has 0 saturated heterocycles. The summed E-state index contributed by atoms with van der Waals surface area (Å²) in [5.41, 5.74) is 5.82. The van der Waals surface area contributed by atoms with Crippen molar-refractivity contribution in [3.8, 4) is 0 Å². The van der Waals surface area contributed by atoms with E-state index in [0.717, 1.165) is 12.8 Å². The van der Waals surface area contributed by atoms with Gasteiger partial charge in [-0.1, -0.05) is 13.8 Å². The Morgan fingerprint density at radius 2 is 2.08 bits per heavy atom. The second kappa shape index (κ2) is 4.38. The highest BCUT2D eigenvalue weighted by atomic mass is 19.2. The quantitative estimate of drug-likeness (QED) is 0.695. The van der Waals surface area contributed by atoms with Crippen LogP contribution in [0.15, 0.2) is 0 Å². The summed E-state index contributed by atoms with van der Waals surface area (Å²) in [6.45, 7) is 4.74.